The van der Waals surface area contributed by atoms with Gasteiger partial charge in [0.25, 0.3) is 0 Å². The first-order valence-electron chi connectivity index (χ1n) is 8.96. The zero-order chi connectivity index (χ0) is 20.4. The summed E-state index contributed by atoms with van der Waals surface area (Å²) >= 11 is 18.5. The molecule has 1 heterocycles. The van der Waals surface area contributed by atoms with Crippen molar-refractivity contribution in [2.75, 3.05) is 23.7 Å². The smallest absolute Gasteiger partial charge is 0.0798 e. The number of fused-ring (bicyclic) bond motifs is 3. The number of hydrogen-bond donors (Lipinski definition) is 4. The number of nitrogens with one attached hydrogen (secondary N) is 3. The fourth-order valence-electron chi connectivity index (χ4n) is 3.25. The number of aliphatic imine (C=N–C) groups is 1. The van der Waals surface area contributed by atoms with Gasteiger partial charge in [-0.25, -0.2) is 0 Å². The molecule has 0 radical (unpaired) electrons. The van der Waals surface area contributed by atoms with E-state index in [4.69, 9.17) is 40.5 Å². The second-order valence-electron chi connectivity index (χ2n) is 6.50. The Balaban J connectivity index is 1.71. The molecule has 0 amide bonds. The lowest BCUT2D eigenvalue weighted by molar-refractivity contribution is 1.03. The lowest BCUT2D eigenvalue weighted by Crippen LogP contribution is -2.06. The molecule has 5 N–H and O–H groups in total. The summed E-state index contributed by atoms with van der Waals surface area (Å²) in [6, 6.07) is 15.4. The number of nitrogens with zero attached hydrogens (tertiary/aromatic N) is 1. The van der Waals surface area contributed by atoms with Crippen LogP contribution in [0, 0.1) is 0 Å². The summed E-state index contributed by atoms with van der Waals surface area (Å²) in [5.41, 5.74) is 10.0. The molecule has 0 atom stereocenters. The molecular weight excluding hydrogens is 429 g/mol. The van der Waals surface area contributed by atoms with Gasteiger partial charge >= 0.3 is 0 Å². The quantitative estimate of drug-likeness (QED) is 0.157. The molecule has 0 aliphatic carbocycles. The van der Waals surface area contributed by atoms with Crippen LogP contribution in [0.4, 0.5) is 17.1 Å². The molecular formula is C21H18Cl3N5. The standard InChI is InChI=1S/C21H18Cl3N5/c22-12-7-16-15-9-13(28-14-1-3-17(23)18(24)10-14)2-4-19(15)29-21(16)20(8-12)27-6-5-26-11-25/h1-4,7-11,27-29H,5-6H2,(H2,25,26). The van der Waals surface area contributed by atoms with E-state index in [1.54, 1.807) is 12.1 Å². The van der Waals surface area contributed by atoms with Gasteiger partial charge in [0.1, 0.15) is 0 Å². The Bertz CT molecular complexity index is 1220. The van der Waals surface area contributed by atoms with Crippen LogP contribution in [-0.2, 0) is 0 Å². The van der Waals surface area contributed by atoms with Crippen molar-refractivity contribution >= 4 is 80.0 Å². The molecule has 0 aliphatic rings. The van der Waals surface area contributed by atoms with Crippen molar-refractivity contribution in [3.63, 3.8) is 0 Å². The number of benzene rings is 3. The second-order valence-corrected chi connectivity index (χ2v) is 7.75. The highest BCUT2D eigenvalue weighted by Gasteiger charge is 2.11. The highest BCUT2D eigenvalue weighted by atomic mass is 35.5. The van der Waals surface area contributed by atoms with Gasteiger partial charge in [0.15, 0.2) is 0 Å². The molecule has 0 bridgehead atoms. The van der Waals surface area contributed by atoms with E-state index in [9.17, 15) is 0 Å². The number of anilines is 3. The fraction of sp³-hybridized carbons (Fsp3) is 0.0952. The number of aromatic amines is 1. The molecule has 5 nitrogen and oxygen atoms in total. The number of nitrogens with two attached hydrogens (primary N) is 1. The van der Waals surface area contributed by atoms with Crippen molar-refractivity contribution in [2.24, 2.45) is 10.7 Å². The molecule has 148 valence electrons. The van der Waals surface area contributed by atoms with Crippen LogP contribution in [0.15, 0.2) is 53.5 Å². The summed E-state index contributed by atoms with van der Waals surface area (Å²) in [5.74, 6) is 0. The number of rotatable bonds is 6. The Hall–Kier alpha value is -2.60. The molecule has 8 heteroatoms. The van der Waals surface area contributed by atoms with E-state index >= 15 is 0 Å². The molecule has 0 unspecified atom stereocenters. The zero-order valence-corrected chi connectivity index (χ0v) is 17.5. The predicted molar refractivity (Wildman–Crippen MR) is 127 cm³/mol. The van der Waals surface area contributed by atoms with E-state index in [1.165, 1.54) is 6.34 Å². The van der Waals surface area contributed by atoms with E-state index < -0.39 is 0 Å². The highest BCUT2D eigenvalue weighted by molar-refractivity contribution is 6.42. The minimum Gasteiger partial charge on any atom is -0.390 e. The monoisotopic (exact) mass is 445 g/mol. The largest absolute Gasteiger partial charge is 0.390 e. The molecule has 0 aliphatic heterocycles. The van der Waals surface area contributed by atoms with E-state index in [1.807, 2.05) is 30.3 Å². The third-order valence-corrected chi connectivity index (χ3v) is 5.50. The van der Waals surface area contributed by atoms with Crippen LogP contribution < -0.4 is 16.4 Å². The topological polar surface area (TPSA) is 78.2 Å². The van der Waals surface area contributed by atoms with Gasteiger partial charge in [-0.2, -0.15) is 0 Å². The van der Waals surface area contributed by atoms with Gasteiger partial charge in [-0.3, -0.25) is 4.99 Å². The summed E-state index contributed by atoms with van der Waals surface area (Å²) < 4.78 is 0. The van der Waals surface area contributed by atoms with Crippen LogP contribution in [-0.4, -0.2) is 24.4 Å². The lowest BCUT2D eigenvalue weighted by Gasteiger charge is -2.08. The zero-order valence-electron chi connectivity index (χ0n) is 15.3. The van der Waals surface area contributed by atoms with E-state index in [0.717, 1.165) is 38.9 Å². The van der Waals surface area contributed by atoms with Crippen LogP contribution in [0.25, 0.3) is 21.8 Å². The van der Waals surface area contributed by atoms with Gasteiger partial charge in [-0.15, -0.1) is 0 Å². The van der Waals surface area contributed by atoms with Crippen LogP contribution in [0.2, 0.25) is 15.1 Å². The molecule has 0 saturated heterocycles. The Morgan fingerprint density at radius 2 is 1.72 bits per heavy atom. The molecule has 0 saturated carbocycles. The van der Waals surface area contributed by atoms with Crippen molar-refractivity contribution in [2.45, 2.75) is 0 Å². The number of hydrogen-bond acceptors (Lipinski definition) is 3. The van der Waals surface area contributed by atoms with Gasteiger partial charge in [-0.05, 0) is 48.5 Å². The van der Waals surface area contributed by atoms with Gasteiger partial charge in [0.2, 0.25) is 0 Å². The van der Waals surface area contributed by atoms with Crippen molar-refractivity contribution in [1.29, 1.82) is 0 Å². The first-order valence-corrected chi connectivity index (χ1v) is 10.1. The Morgan fingerprint density at radius 1 is 0.931 bits per heavy atom. The Labute approximate surface area is 182 Å². The van der Waals surface area contributed by atoms with E-state index in [-0.39, 0.29) is 0 Å². The Morgan fingerprint density at radius 3 is 2.52 bits per heavy atom. The summed E-state index contributed by atoms with van der Waals surface area (Å²) in [6.45, 7) is 1.24. The minimum absolute atomic E-state index is 0.506. The first-order chi connectivity index (χ1) is 14.0. The minimum atomic E-state index is 0.506. The summed E-state index contributed by atoms with van der Waals surface area (Å²) in [7, 11) is 0. The maximum absolute atomic E-state index is 6.38. The van der Waals surface area contributed by atoms with Crippen LogP contribution in [0.5, 0.6) is 0 Å². The van der Waals surface area contributed by atoms with Crippen LogP contribution in [0.3, 0.4) is 0 Å². The van der Waals surface area contributed by atoms with Gasteiger partial charge in [0.05, 0.1) is 34.1 Å². The summed E-state index contributed by atoms with van der Waals surface area (Å²) in [6.07, 6.45) is 1.31. The molecule has 0 spiro atoms. The highest BCUT2D eigenvalue weighted by Crippen LogP contribution is 2.35. The third kappa shape index (κ3) is 4.22. The number of aromatic nitrogens is 1. The van der Waals surface area contributed by atoms with Gasteiger partial charge in [-0.1, -0.05) is 34.8 Å². The summed E-state index contributed by atoms with van der Waals surface area (Å²) in [5, 5.41) is 10.5. The molecule has 4 rings (SSSR count). The van der Waals surface area contributed by atoms with Gasteiger partial charge in [0, 0.05) is 39.2 Å². The SMILES string of the molecule is NC=NCCNc1cc(Cl)cc2c1[nH]c1ccc(Nc3ccc(Cl)c(Cl)c3)cc12. The van der Waals surface area contributed by atoms with E-state index in [0.29, 0.717) is 28.2 Å². The molecule has 3 aromatic carbocycles. The summed E-state index contributed by atoms with van der Waals surface area (Å²) in [4.78, 5) is 7.49. The average molecular weight is 447 g/mol. The maximum Gasteiger partial charge on any atom is 0.0798 e. The third-order valence-electron chi connectivity index (χ3n) is 4.54. The lowest BCUT2D eigenvalue weighted by atomic mass is 10.1. The van der Waals surface area contributed by atoms with Crippen molar-refractivity contribution in [3.05, 3.63) is 63.6 Å². The molecule has 1 aromatic heterocycles. The van der Waals surface area contributed by atoms with Crippen molar-refractivity contribution in [1.82, 2.24) is 4.98 Å². The van der Waals surface area contributed by atoms with Crippen molar-refractivity contribution in [3.8, 4) is 0 Å². The van der Waals surface area contributed by atoms with Crippen molar-refractivity contribution < 1.29 is 0 Å². The normalized spacial score (nSPS) is 11.6. The first kappa shape index (κ1) is 19.7. The molecule has 29 heavy (non-hydrogen) atoms. The average Bonchev–Trinajstić information content (AvgIpc) is 3.06. The fourth-order valence-corrected chi connectivity index (χ4v) is 3.77. The maximum atomic E-state index is 6.38. The van der Waals surface area contributed by atoms with E-state index in [2.05, 4.69) is 26.7 Å². The number of H-pyrrole nitrogens is 1. The molecule has 4 aromatic rings. The second kappa shape index (κ2) is 8.41. The number of halogens is 3. The van der Waals surface area contributed by atoms with Crippen LogP contribution >= 0.6 is 34.8 Å². The predicted octanol–water partition coefficient (Wildman–Crippen LogP) is 6.42. The van der Waals surface area contributed by atoms with Gasteiger partial charge < -0.3 is 21.4 Å². The molecule has 0 fully saturated rings. The Kier molecular flexibility index (Phi) is 5.72. The van der Waals surface area contributed by atoms with Crippen LogP contribution in [0.1, 0.15) is 0 Å².